The van der Waals surface area contributed by atoms with E-state index in [0.29, 0.717) is 17.7 Å². The first-order valence-corrected chi connectivity index (χ1v) is 26.7. The van der Waals surface area contributed by atoms with Crippen molar-refractivity contribution in [2.45, 2.75) is 24.8 Å². The molecule has 0 N–H and O–H groups in total. The van der Waals surface area contributed by atoms with Crippen LogP contribution in [0.5, 0.6) is 0 Å². The van der Waals surface area contributed by atoms with E-state index in [0.717, 1.165) is 79.3 Å². The average molecular weight is 987 g/mol. The Kier molecular flexibility index (Phi) is 8.92. The van der Waals surface area contributed by atoms with Crippen LogP contribution < -0.4 is 4.90 Å². The van der Waals surface area contributed by atoms with Gasteiger partial charge in [-0.3, -0.25) is 4.57 Å². The van der Waals surface area contributed by atoms with Gasteiger partial charge in [0.15, 0.2) is 5.82 Å². The van der Waals surface area contributed by atoms with Gasteiger partial charge in [-0.05, 0) is 97.3 Å². The maximum Gasteiger partial charge on any atom is 0.240 e. The van der Waals surface area contributed by atoms with Crippen LogP contribution in [0.15, 0.2) is 237 Å². The van der Waals surface area contributed by atoms with Crippen molar-refractivity contribution in [2.75, 3.05) is 4.90 Å². The second kappa shape index (κ2) is 16.2. The van der Waals surface area contributed by atoms with Gasteiger partial charge in [0.25, 0.3) is 0 Å². The minimum absolute atomic E-state index is 0.0139. The van der Waals surface area contributed by atoms with Crippen molar-refractivity contribution in [2.24, 2.45) is 0 Å². The van der Waals surface area contributed by atoms with Gasteiger partial charge in [0, 0.05) is 77.5 Å². The van der Waals surface area contributed by atoms with Crippen molar-refractivity contribution in [3.05, 3.63) is 253 Å². The third kappa shape index (κ3) is 6.00. The summed E-state index contributed by atoms with van der Waals surface area (Å²) in [6.45, 7) is 0. The minimum Gasteiger partial charge on any atom is -0.311 e. The number of anilines is 2. The highest BCUT2D eigenvalue weighted by molar-refractivity contribution is 6.24. The van der Waals surface area contributed by atoms with Crippen LogP contribution >= 0.6 is 0 Å². The van der Waals surface area contributed by atoms with E-state index in [4.69, 9.17) is 15.0 Å². The van der Waals surface area contributed by atoms with Crippen LogP contribution in [0.2, 0.25) is 0 Å². The topological polar surface area (TPSA) is 61.6 Å². The second-order valence-electron chi connectivity index (χ2n) is 20.6. The maximum absolute atomic E-state index is 5.82. The van der Waals surface area contributed by atoms with E-state index < -0.39 is 0 Å². The van der Waals surface area contributed by atoms with E-state index in [9.17, 15) is 0 Å². The number of para-hydroxylation sites is 7. The SMILES string of the molecule is C1=CC(n2c3ccccc3c3ccc4c5ccccc5n(-c5nc(-c6ccc(-n7c8ccccc8c8ccccc87)cc6)nc(N6c7ccccc7C7C=Cc8c(n(-c9ccccc9)c9ccccc89)C76)n5)c4c32)=CCC1. The molecule has 0 fully saturated rings. The van der Waals surface area contributed by atoms with Gasteiger partial charge in [-0.25, -0.2) is 0 Å². The Hall–Kier alpha value is -10.1. The summed E-state index contributed by atoms with van der Waals surface area (Å²) >= 11 is 0. The standard InChI is InChI=1S/C69H46N8/c1-3-19-44(20-4-1)74-59-31-15-9-25-49(59)53-39-41-55-51-27-11-17-33-61(51)76(65(55)63(53)74)68-70-67(43-35-37-46(38-36-43)73-57-29-13-7-23-47(57)48-24-8-14-30-58(48)73)71-69(72-68)77-62-34-18-12-28-52(62)56-42-40-54-50-26-10-16-32-60(50)75(64(54)66(56)77)45-21-5-2-6-22-45/h1,3-5,7-42,55,65H,2,6H2. The van der Waals surface area contributed by atoms with E-state index in [1.54, 1.807) is 0 Å². The fourth-order valence-electron chi connectivity index (χ4n) is 13.4. The van der Waals surface area contributed by atoms with Gasteiger partial charge in [-0.15, -0.1) is 0 Å². The lowest BCUT2D eigenvalue weighted by Crippen LogP contribution is -2.28. The van der Waals surface area contributed by atoms with Crippen molar-refractivity contribution in [1.29, 1.82) is 0 Å². The number of allylic oxidation sites excluding steroid dienone is 4. The Bertz CT molecular complexity index is 4830. The summed E-state index contributed by atoms with van der Waals surface area (Å²) in [5, 5.41) is 8.32. The lowest BCUT2D eigenvalue weighted by molar-refractivity contribution is 0.625. The molecule has 9 aromatic carbocycles. The number of fused-ring (bicyclic) bond motifs is 17. The molecule has 0 bridgehead atoms. The van der Waals surface area contributed by atoms with Gasteiger partial charge in [0.05, 0.1) is 50.4 Å². The molecule has 0 saturated heterocycles. The van der Waals surface area contributed by atoms with Crippen molar-refractivity contribution < 1.29 is 0 Å². The zero-order valence-corrected chi connectivity index (χ0v) is 41.7. The first kappa shape index (κ1) is 42.3. The van der Waals surface area contributed by atoms with Gasteiger partial charge in [0.1, 0.15) is 0 Å². The molecule has 14 aromatic rings. The van der Waals surface area contributed by atoms with Crippen LogP contribution in [0.1, 0.15) is 41.6 Å². The zero-order valence-electron chi connectivity index (χ0n) is 41.7. The Labute approximate surface area is 442 Å². The third-order valence-electron chi connectivity index (χ3n) is 16.6. The molecule has 0 spiro atoms. The molecule has 3 aliphatic rings. The molecule has 0 saturated carbocycles. The molecule has 17 rings (SSSR count). The summed E-state index contributed by atoms with van der Waals surface area (Å²) in [7, 11) is 0. The summed E-state index contributed by atoms with van der Waals surface area (Å²) < 4.78 is 9.62. The van der Waals surface area contributed by atoms with Gasteiger partial charge >= 0.3 is 0 Å². The van der Waals surface area contributed by atoms with E-state index in [2.05, 4.69) is 266 Å². The average Bonchev–Trinajstić information content (AvgIpc) is 4.39. The lowest BCUT2D eigenvalue weighted by Gasteiger charge is -2.32. The minimum atomic E-state index is -0.196. The van der Waals surface area contributed by atoms with Gasteiger partial charge in [0.2, 0.25) is 11.9 Å². The molecule has 0 amide bonds. The summed E-state index contributed by atoms with van der Waals surface area (Å²) in [6.07, 6.45) is 13.7. The normalized spacial score (nSPS) is 15.9. The van der Waals surface area contributed by atoms with Crippen LogP contribution in [0.3, 0.4) is 0 Å². The molecule has 2 aliphatic carbocycles. The fraction of sp³-hybridized carbons (Fsp3) is 0.0580. The van der Waals surface area contributed by atoms with Crippen molar-refractivity contribution in [3.63, 3.8) is 0 Å². The Morgan fingerprint density at radius 3 is 1.58 bits per heavy atom. The molecule has 5 aromatic heterocycles. The predicted octanol–water partition coefficient (Wildman–Crippen LogP) is 17.0. The highest BCUT2D eigenvalue weighted by Gasteiger charge is 2.45. The quantitative estimate of drug-likeness (QED) is 0.167. The number of aromatic nitrogens is 7. The summed E-state index contributed by atoms with van der Waals surface area (Å²) in [4.78, 5) is 19.6. The van der Waals surface area contributed by atoms with E-state index in [1.807, 2.05) is 0 Å². The van der Waals surface area contributed by atoms with Crippen LogP contribution in [0, 0.1) is 0 Å². The smallest absolute Gasteiger partial charge is 0.240 e. The van der Waals surface area contributed by atoms with Gasteiger partial charge < -0.3 is 18.6 Å². The number of nitrogens with zero attached hydrogens (tertiary/aromatic N) is 8. The third-order valence-corrected chi connectivity index (χ3v) is 16.6. The second-order valence-corrected chi connectivity index (χ2v) is 20.6. The van der Waals surface area contributed by atoms with E-state index >= 15 is 0 Å². The Morgan fingerprint density at radius 2 is 0.922 bits per heavy atom. The molecular formula is C69H46N8. The summed E-state index contributed by atoms with van der Waals surface area (Å²) in [5.74, 6) is 1.74. The lowest BCUT2D eigenvalue weighted by atomic mass is 9.86. The highest BCUT2D eigenvalue weighted by Crippen LogP contribution is 2.57. The van der Waals surface area contributed by atoms with Crippen molar-refractivity contribution >= 4 is 99.7 Å². The van der Waals surface area contributed by atoms with E-state index in [1.165, 1.54) is 55.0 Å². The first-order valence-electron chi connectivity index (χ1n) is 26.7. The van der Waals surface area contributed by atoms with Gasteiger partial charge in [-0.2, -0.15) is 15.0 Å². The van der Waals surface area contributed by atoms with Crippen LogP contribution in [0.4, 0.5) is 11.6 Å². The summed E-state index contributed by atoms with van der Waals surface area (Å²) in [5.41, 5.74) is 16.8. The van der Waals surface area contributed by atoms with Gasteiger partial charge in [-0.1, -0.05) is 164 Å². The largest absolute Gasteiger partial charge is 0.311 e. The molecule has 8 nitrogen and oxygen atoms in total. The zero-order chi connectivity index (χ0) is 50.3. The molecule has 1 aliphatic heterocycles. The Morgan fingerprint density at radius 1 is 0.390 bits per heavy atom. The fourth-order valence-corrected chi connectivity index (χ4v) is 13.4. The van der Waals surface area contributed by atoms with Crippen LogP contribution in [-0.4, -0.2) is 33.2 Å². The molecule has 0 radical (unpaired) electrons. The van der Waals surface area contributed by atoms with Crippen LogP contribution in [-0.2, 0) is 0 Å². The molecule has 8 heteroatoms. The molecule has 2 atom stereocenters. The predicted molar refractivity (Wildman–Crippen MR) is 316 cm³/mol. The number of benzene rings is 9. The number of rotatable bonds is 6. The van der Waals surface area contributed by atoms with Crippen LogP contribution in [0.25, 0.3) is 117 Å². The first-order chi connectivity index (χ1) is 38.2. The maximum atomic E-state index is 5.82. The Balaban J connectivity index is 0.961. The molecule has 362 valence electrons. The monoisotopic (exact) mass is 986 g/mol. The molecule has 77 heavy (non-hydrogen) atoms. The van der Waals surface area contributed by atoms with Crippen molar-refractivity contribution in [1.82, 2.24) is 33.2 Å². The molecule has 2 unspecified atom stereocenters. The summed E-state index contributed by atoms with van der Waals surface area (Å²) in [6, 6.07) is 76.5. The highest BCUT2D eigenvalue weighted by atomic mass is 15.4. The molecule has 6 heterocycles. The van der Waals surface area contributed by atoms with Crippen molar-refractivity contribution in [3.8, 4) is 28.7 Å². The number of hydrogen-bond acceptors (Lipinski definition) is 4. The molecular weight excluding hydrogens is 941 g/mol. The van der Waals surface area contributed by atoms with E-state index in [-0.39, 0.29) is 12.0 Å². The number of hydrogen-bond donors (Lipinski definition) is 0.